The predicted octanol–water partition coefficient (Wildman–Crippen LogP) is 5.75. The molecule has 0 bridgehead atoms. The third kappa shape index (κ3) is 4.67. The lowest BCUT2D eigenvalue weighted by atomic mass is 10.1. The van der Waals surface area contributed by atoms with Gasteiger partial charge in [0.25, 0.3) is 0 Å². The first-order valence-corrected chi connectivity index (χ1v) is 8.70. The van der Waals surface area contributed by atoms with E-state index in [-0.39, 0.29) is 6.17 Å². The van der Waals surface area contributed by atoms with Gasteiger partial charge in [0, 0.05) is 12.7 Å². The Morgan fingerprint density at radius 3 is 2.08 bits per heavy atom. The highest BCUT2D eigenvalue weighted by atomic mass is 35.5. The van der Waals surface area contributed by atoms with E-state index in [1.807, 2.05) is 72.7 Å². The maximum Gasteiger partial charge on any atom is 0.120 e. The fourth-order valence-corrected chi connectivity index (χ4v) is 2.81. The number of para-hydroxylation sites is 1. The first-order valence-electron chi connectivity index (χ1n) is 7.95. The lowest BCUT2D eigenvalue weighted by molar-refractivity contribution is 0.578. The molecule has 0 heterocycles. The minimum atomic E-state index is -0.136. The molecule has 0 aromatic heterocycles. The summed E-state index contributed by atoms with van der Waals surface area (Å²) in [5.41, 5.74) is 6.54. The van der Waals surface area contributed by atoms with Gasteiger partial charge in [-0.3, -0.25) is 0 Å². The highest BCUT2D eigenvalue weighted by molar-refractivity contribution is 6.42. The van der Waals surface area contributed by atoms with Gasteiger partial charge >= 0.3 is 0 Å². The van der Waals surface area contributed by atoms with E-state index in [4.69, 9.17) is 23.2 Å². The topological polar surface area (TPSA) is 27.3 Å². The Labute approximate surface area is 158 Å². The average molecular weight is 372 g/mol. The van der Waals surface area contributed by atoms with Crippen molar-refractivity contribution in [3.05, 3.63) is 94.5 Å². The zero-order valence-electron chi connectivity index (χ0n) is 13.8. The van der Waals surface area contributed by atoms with Crippen molar-refractivity contribution in [3.63, 3.8) is 0 Å². The molecule has 0 saturated heterocycles. The molecule has 3 nitrogen and oxygen atoms in total. The highest BCUT2D eigenvalue weighted by Gasteiger charge is 2.14. The summed E-state index contributed by atoms with van der Waals surface area (Å²) in [7, 11) is 1.99. The van der Waals surface area contributed by atoms with Crippen molar-refractivity contribution in [3.8, 4) is 0 Å². The van der Waals surface area contributed by atoms with Crippen LogP contribution in [0.3, 0.4) is 0 Å². The summed E-state index contributed by atoms with van der Waals surface area (Å²) < 4.78 is 0. The molecule has 0 aliphatic carbocycles. The van der Waals surface area contributed by atoms with Gasteiger partial charge in [-0.15, -0.1) is 0 Å². The van der Waals surface area contributed by atoms with Crippen LogP contribution in [-0.2, 0) is 0 Å². The van der Waals surface area contributed by atoms with Gasteiger partial charge < -0.3 is 10.3 Å². The molecule has 0 saturated carbocycles. The van der Waals surface area contributed by atoms with Crippen LogP contribution in [0.4, 0.5) is 11.4 Å². The monoisotopic (exact) mass is 371 g/mol. The van der Waals surface area contributed by atoms with Gasteiger partial charge in [0.2, 0.25) is 0 Å². The van der Waals surface area contributed by atoms with Gasteiger partial charge in [-0.05, 0) is 35.9 Å². The van der Waals surface area contributed by atoms with Gasteiger partial charge in [-0.2, -0.15) is 0 Å². The molecule has 5 heteroatoms. The summed E-state index contributed by atoms with van der Waals surface area (Å²) in [6.07, 6.45) is -0.136. The molecule has 3 aromatic rings. The number of nitrogens with zero attached hydrogens (tertiary/aromatic N) is 1. The quantitative estimate of drug-likeness (QED) is 0.426. The van der Waals surface area contributed by atoms with E-state index < -0.39 is 0 Å². The van der Waals surface area contributed by atoms with Crippen LogP contribution in [0, 0.1) is 0 Å². The first-order chi connectivity index (χ1) is 12.1. The van der Waals surface area contributed by atoms with Crippen molar-refractivity contribution in [2.75, 3.05) is 17.4 Å². The van der Waals surface area contributed by atoms with Crippen LogP contribution in [0.25, 0.3) is 0 Å². The molecule has 0 fully saturated rings. The number of nitrogens with one attached hydrogen (secondary N) is 2. The van der Waals surface area contributed by atoms with Crippen molar-refractivity contribution in [1.82, 2.24) is 5.43 Å². The molecule has 2 N–H and O–H groups in total. The second kappa shape index (κ2) is 8.26. The normalized spacial score (nSPS) is 11.8. The second-order valence-electron chi connectivity index (χ2n) is 5.64. The van der Waals surface area contributed by atoms with Crippen LogP contribution in [0.2, 0.25) is 10.0 Å². The molecule has 3 rings (SSSR count). The molecule has 1 unspecified atom stereocenters. The molecule has 0 amide bonds. The summed E-state index contributed by atoms with van der Waals surface area (Å²) in [6, 6.07) is 25.8. The molecule has 3 aromatic carbocycles. The molecular weight excluding hydrogens is 353 g/mol. The minimum Gasteiger partial charge on any atom is -0.365 e. The summed E-state index contributed by atoms with van der Waals surface area (Å²) in [5, 5.41) is 6.52. The first kappa shape index (κ1) is 17.6. The zero-order chi connectivity index (χ0) is 17.6. The summed E-state index contributed by atoms with van der Waals surface area (Å²) >= 11 is 12.2. The van der Waals surface area contributed by atoms with Crippen LogP contribution in [0.15, 0.2) is 78.9 Å². The Hall–Kier alpha value is -2.20. The van der Waals surface area contributed by atoms with Crippen LogP contribution >= 0.6 is 23.2 Å². The second-order valence-corrected chi connectivity index (χ2v) is 6.45. The molecule has 0 aliphatic heterocycles. The molecular formula is C20H19Cl2N3. The Bertz CT molecular complexity index is 810. The lowest BCUT2D eigenvalue weighted by Crippen LogP contribution is -2.40. The maximum absolute atomic E-state index is 6.14. The number of halogens is 2. The van der Waals surface area contributed by atoms with E-state index in [1.54, 1.807) is 6.07 Å². The maximum atomic E-state index is 6.14. The number of hydrogen-bond acceptors (Lipinski definition) is 3. The van der Waals surface area contributed by atoms with Gasteiger partial charge in [0.05, 0.1) is 15.7 Å². The Morgan fingerprint density at radius 2 is 1.44 bits per heavy atom. The van der Waals surface area contributed by atoms with Crippen molar-refractivity contribution in [1.29, 1.82) is 0 Å². The van der Waals surface area contributed by atoms with E-state index in [0.29, 0.717) is 10.0 Å². The molecule has 0 aliphatic rings. The summed E-state index contributed by atoms with van der Waals surface area (Å²) in [6.45, 7) is 0. The smallest absolute Gasteiger partial charge is 0.120 e. The highest BCUT2D eigenvalue weighted by Crippen LogP contribution is 2.27. The van der Waals surface area contributed by atoms with E-state index in [2.05, 4.69) is 22.9 Å². The zero-order valence-corrected chi connectivity index (χ0v) is 15.3. The third-order valence-electron chi connectivity index (χ3n) is 3.83. The Kier molecular flexibility index (Phi) is 5.82. The van der Waals surface area contributed by atoms with Crippen molar-refractivity contribution < 1.29 is 0 Å². The summed E-state index contributed by atoms with van der Waals surface area (Å²) in [4.78, 5) is 0. The van der Waals surface area contributed by atoms with Crippen LogP contribution in [-0.4, -0.2) is 7.05 Å². The Morgan fingerprint density at radius 1 is 0.800 bits per heavy atom. The molecule has 0 radical (unpaired) electrons. The molecule has 25 heavy (non-hydrogen) atoms. The molecule has 0 spiro atoms. The minimum absolute atomic E-state index is 0.136. The fourth-order valence-electron chi connectivity index (χ4n) is 2.51. The SMILES string of the molecule is CN(NC(Nc1ccc(Cl)c(Cl)c1)c1ccccc1)c1ccccc1. The van der Waals surface area contributed by atoms with E-state index in [0.717, 1.165) is 16.9 Å². The molecule has 1 atom stereocenters. The number of anilines is 2. The van der Waals surface area contributed by atoms with Crippen LogP contribution in [0.5, 0.6) is 0 Å². The fraction of sp³-hybridized carbons (Fsp3) is 0.100. The van der Waals surface area contributed by atoms with Crippen molar-refractivity contribution >= 4 is 34.6 Å². The van der Waals surface area contributed by atoms with E-state index in [9.17, 15) is 0 Å². The van der Waals surface area contributed by atoms with Crippen LogP contribution < -0.4 is 15.8 Å². The van der Waals surface area contributed by atoms with Crippen molar-refractivity contribution in [2.24, 2.45) is 0 Å². The lowest BCUT2D eigenvalue weighted by Gasteiger charge is -2.29. The number of benzene rings is 3. The standard InChI is InChI=1S/C20H19Cl2N3/c1-25(17-10-6-3-7-11-17)24-20(15-8-4-2-5-9-15)23-16-12-13-18(21)19(22)14-16/h2-14,20,23-24H,1H3. The number of hydrazine groups is 1. The van der Waals surface area contributed by atoms with E-state index in [1.165, 1.54) is 0 Å². The van der Waals surface area contributed by atoms with Crippen molar-refractivity contribution in [2.45, 2.75) is 6.17 Å². The summed E-state index contributed by atoms with van der Waals surface area (Å²) in [5.74, 6) is 0. The van der Waals surface area contributed by atoms with Gasteiger partial charge in [-0.1, -0.05) is 71.7 Å². The van der Waals surface area contributed by atoms with Crippen LogP contribution in [0.1, 0.15) is 11.7 Å². The average Bonchev–Trinajstić information content (AvgIpc) is 2.65. The van der Waals surface area contributed by atoms with Gasteiger partial charge in [-0.25, -0.2) is 5.43 Å². The van der Waals surface area contributed by atoms with E-state index >= 15 is 0 Å². The number of rotatable bonds is 6. The largest absolute Gasteiger partial charge is 0.365 e. The molecule has 128 valence electrons. The number of hydrogen-bond donors (Lipinski definition) is 2. The van der Waals surface area contributed by atoms with Gasteiger partial charge in [0.15, 0.2) is 0 Å². The Balaban J connectivity index is 1.84. The predicted molar refractivity (Wildman–Crippen MR) is 107 cm³/mol. The third-order valence-corrected chi connectivity index (χ3v) is 4.57. The van der Waals surface area contributed by atoms with Gasteiger partial charge in [0.1, 0.15) is 6.17 Å².